The molecule has 4 aromatic rings. The van der Waals surface area contributed by atoms with Crippen molar-refractivity contribution in [1.29, 1.82) is 0 Å². The first kappa shape index (κ1) is 25.4. The van der Waals surface area contributed by atoms with Crippen LogP contribution in [-0.2, 0) is 4.74 Å². The maximum absolute atomic E-state index is 13.5. The maximum atomic E-state index is 13.5. The fraction of sp³-hybridized carbons (Fsp3) is 0.296. The van der Waals surface area contributed by atoms with Gasteiger partial charge < -0.3 is 9.30 Å². The van der Waals surface area contributed by atoms with Gasteiger partial charge in [-0.05, 0) is 56.2 Å². The summed E-state index contributed by atoms with van der Waals surface area (Å²) in [5, 5.41) is 0.492. The molecular formula is C27H24BrClN4O4. The van der Waals surface area contributed by atoms with E-state index in [1.54, 1.807) is 54.1 Å². The molecule has 8 nitrogen and oxygen atoms in total. The van der Waals surface area contributed by atoms with E-state index in [9.17, 15) is 14.4 Å². The molecule has 0 atom stereocenters. The number of amides is 1. The van der Waals surface area contributed by atoms with Crippen molar-refractivity contribution in [3.63, 3.8) is 0 Å². The quantitative estimate of drug-likeness (QED) is 0.234. The smallest absolute Gasteiger partial charge is 0.341 e. The summed E-state index contributed by atoms with van der Waals surface area (Å²) in [5.41, 5.74) is 0.861. The van der Waals surface area contributed by atoms with Gasteiger partial charge in [0.15, 0.2) is 5.49 Å². The Bertz CT molecular complexity index is 1670. The number of aromatic nitrogens is 3. The molecule has 0 radical (unpaired) electrons. The van der Waals surface area contributed by atoms with Gasteiger partial charge in [0.05, 0.1) is 22.6 Å². The Kier molecular flexibility index (Phi) is 7.26. The summed E-state index contributed by atoms with van der Waals surface area (Å²) in [6, 6.07) is 11.5. The monoisotopic (exact) mass is 582 g/mol. The van der Waals surface area contributed by atoms with Crippen LogP contribution in [0.2, 0.25) is 5.02 Å². The number of carbonyl (C=O) groups excluding carboxylic acids is 2. The van der Waals surface area contributed by atoms with Gasteiger partial charge >= 0.3 is 5.97 Å². The second kappa shape index (κ2) is 10.6. The molecule has 0 bridgehead atoms. The molecule has 1 saturated carbocycles. The van der Waals surface area contributed by atoms with Crippen molar-refractivity contribution in [3.05, 3.63) is 85.1 Å². The molecule has 10 heteroatoms. The summed E-state index contributed by atoms with van der Waals surface area (Å²) in [6.07, 6.45) is 6.27. The van der Waals surface area contributed by atoms with Gasteiger partial charge in [-0.1, -0.05) is 52.9 Å². The number of ether oxygens (including phenoxy) is 1. The Labute approximate surface area is 225 Å². The SMILES string of the molecule is CCOC(=O)c1cc2c(=O)n3ccccc3nc2n(C2CCCCC2)c1=NC(=O)c1cc(Br)ccc1Cl. The summed E-state index contributed by atoms with van der Waals surface area (Å²) >= 11 is 9.69. The predicted molar refractivity (Wildman–Crippen MR) is 144 cm³/mol. The molecule has 1 aliphatic carbocycles. The molecule has 0 spiro atoms. The van der Waals surface area contributed by atoms with Crippen molar-refractivity contribution in [1.82, 2.24) is 14.0 Å². The van der Waals surface area contributed by atoms with E-state index in [1.165, 1.54) is 10.5 Å². The van der Waals surface area contributed by atoms with Gasteiger partial charge in [-0.15, -0.1) is 0 Å². The van der Waals surface area contributed by atoms with Gasteiger partial charge in [-0.3, -0.25) is 14.0 Å². The lowest BCUT2D eigenvalue weighted by Crippen LogP contribution is -2.35. The minimum absolute atomic E-state index is 0.0363. The van der Waals surface area contributed by atoms with Gasteiger partial charge in [-0.2, -0.15) is 4.99 Å². The fourth-order valence-corrected chi connectivity index (χ4v) is 5.38. The van der Waals surface area contributed by atoms with E-state index in [4.69, 9.17) is 21.3 Å². The van der Waals surface area contributed by atoms with Gasteiger partial charge in [0.2, 0.25) is 0 Å². The molecular weight excluding hydrogens is 560 g/mol. The zero-order chi connectivity index (χ0) is 26.1. The van der Waals surface area contributed by atoms with Crippen LogP contribution >= 0.6 is 27.5 Å². The lowest BCUT2D eigenvalue weighted by Gasteiger charge is -2.27. The van der Waals surface area contributed by atoms with Crippen LogP contribution in [0.3, 0.4) is 0 Å². The minimum Gasteiger partial charge on any atom is -0.462 e. The average Bonchev–Trinajstić information content (AvgIpc) is 2.90. The van der Waals surface area contributed by atoms with Crippen molar-refractivity contribution in [2.45, 2.75) is 45.1 Å². The average molecular weight is 584 g/mol. The topological polar surface area (TPSA) is 95.0 Å². The highest BCUT2D eigenvalue weighted by molar-refractivity contribution is 9.10. The highest BCUT2D eigenvalue weighted by atomic mass is 79.9. The van der Waals surface area contributed by atoms with Crippen molar-refractivity contribution >= 4 is 56.1 Å². The number of esters is 1. The van der Waals surface area contributed by atoms with Crippen LogP contribution in [0.4, 0.5) is 0 Å². The summed E-state index contributed by atoms with van der Waals surface area (Å²) < 4.78 is 9.23. The molecule has 3 heterocycles. The van der Waals surface area contributed by atoms with E-state index in [2.05, 4.69) is 20.9 Å². The molecule has 0 aliphatic heterocycles. The zero-order valence-electron chi connectivity index (χ0n) is 20.1. The molecule has 1 amide bonds. The van der Waals surface area contributed by atoms with E-state index in [0.717, 1.165) is 32.1 Å². The Morgan fingerprint density at radius 3 is 2.68 bits per heavy atom. The number of rotatable bonds is 4. The van der Waals surface area contributed by atoms with Gasteiger partial charge in [0.25, 0.3) is 11.5 Å². The van der Waals surface area contributed by atoms with Gasteiger partial charge in [0, 0.05) is 16.7 Å². The Hall–Kier alpha value is -3.30. The van der Waals surface area contributed by atoms with Crippen LogP contribution in [0, 0.1) is 0 Å². The third-order valence-corrected chi connectivity index (χ3v) is 7.36. The number of halogens is 2. The Balaban J connectivity index is 1.91. The number of pyridine rings is 2. The minimum atomic E-state index is -0.668. The molecule has 190 valence electrons. The number of benzene rings is 1. The molecule has 37 heavy (non-hydrogen) atoms. The fourth-order valence-electron chi connectivity index (χ4n) is 4.82. The normalized spacial score (nSPS) is 14.8. The second-order valence-electron chi connectivity index (χ2n) is 8.89. The highest BCUT2D eigenvalue weighted by Gasteiger charge is 2.25. The molecule has 1 aromatic carbocycles. The molecule has 0 saturated heterocycles. The van der Waals surface area contributed by atoms with E-state index in [0.29, 0.717) is 15.8 Å². The zero-order valence-corrected chi connectivity index (χ0v) is 22.5. The van der Waals surface area contributed by atoms with E-state index in [-0.39, 0.29) is 45.2 Å². The number of fused-ring (bicyclic) bond motifs is 2. The van der Waals surface area contributed by atoms with E-state index >= 15 is 0 Å². The van der Waals surface area contributed by atoms with Crippen molar-refractivity contribution in [3.8, 4) is 0 Å². The summed E-state index contributed by atoms with van der Waals surface area (Å²) in [7, 11) is 0. The van der Waals surface area contributed by atoms with Crippen molar-refractivity contribution in [2.75, 3.05) is 6.61 Å². The molecule has 0 N–H and O–H groups in total. The summed E-state index contributed by atoms with van der Waals surface area (Å²) in [5.74, 6) is -1.28. The van der Waals surface area contributed by atoms with E-state index in [1.807, 2.05) is 0 Å². The maximum Gasteiger partial charge on any atom is 0.341 e. The molecule has 5 rings (SSSR count). The molecule has 1 fully saturated rings. The second-order valence-corrected chi connectivity index (χ2v) is 10.2. The Morgan fingerprint density at radius 1 is 1.14 bits per heavy atom. The number of carbonyl (C=O) groups is 2. The first-order valence-electron chi connectivity index (χ1n) is 12.2. The van der Waals surface area contributed by atoms with Crippen molar-refractivity contribution < 1.29 is 14.3 Å². The van der Waals surface area contributed by atoms with Gasteiger partial charge in [-0.25, -0.2) is 9.78 Å². The van der Waals surface area contributed by atoms with Crippen LogP contribution in [0.5, 0.6) is 0 Å². The molecule has 0 unspecified atom stereocenters. The van der Waals surface area contributed by atoms with Crippen LogP contribution in [0.1, 0.15) is 65.8 Å². The number of nitrogens with zero attached hydrogens (tertiary/aromatic N) is 4. The molecule has 1 aliphatic rings. The first-order valence-corrected chi connectivity index (χ1v) is 13.3. The van der Waals surface area contributed by atoms with Crippen LogP contribution in [-0.4, -0.2) is 32.4 Å². The largest absolute Gasteiger partial charge is 0.462 e. The number of hydrogen-bond acceptors (Lipinski definition) is 5. The van der Waals surface area contributed by atoms with Crippen LogP contribution in [0.15, 0.2) is 62.9 Å². The standard InChI is InChI=1S/C27H24BrClN4O4/c1-2-37-27(36)20-15-19-23(30-22-10-6-7-13-32(22)26(19)35)33(17-8-4-3-5-9-17)24(20)31-25(34)18-14-16(28)11-12-21(18)29/h6-7,10-15,17H,2-5,8-9H2,1H3. The summed E-state index contributed by atoms with van der Waals surface area (Å²) in [4.78, 5) is 49.4. The molecule has 3 aromatic heterocycles. The highest BCUT2D eigenvalue weighted by Crippen LogP contribution is 2.29. The first-order chi connectivity index (χ1) is 17.9. The number of hydrogen-bond donors (Lipinski definition) is 0. The Morgan fingerprint density at radius 2 is 1.92 bits per heavy atom. The third-order valence-electron chi connectivity index (χ3n) is 6.54. The van der Waals surface area contributed by atoms with E-state index < -0.39 is 11.9 Å². The van der Waals surface area contributed by atoms with Crippen molar-refractivity contribution in [2.24, 2.45) is 4.99 Å². The lowest BCUT2D eigenvalue weighted by atomic mass is 9.94. The van der Waals surface area contributed by atoms with Gasteiger partial charge in [0.1, 0.15) is 16.9 Å². The summed E-state index contributed by atoms with van der Waals surface area (Å²) in [6.45, 7) is 1.82. The van der Waals surface area contributed by atoms with Crippen LogP contribution in [0.25, 0.3) is 16.7 Å². The third kappa shape index (κ3) is 4.85. The van der Waals surface area contributed by atoms with Crippen LogP contribution < -0.4 is 11.0 Å². The lowest BCUT2D eigenvalue weighted by molar-refractivity contribution is 0.0523. The predicted octanol–water partition coefficient (Wildman–Crippen LogP) is 5.49.